The van der Waals surface area contributed by atoms with E-state index >= 15 is 0 Å². The number of nitrogens with two attached hydrogens (primary N) is 1. The summed E-state index contributed by atoms with van der Waals surface area (Å²) in [6.45, 7) is 7.80. The quantitative estimate of drug-likeness (QED) is 0.807. The molecule has 0 saturated carbocycles. The minimum absolute atomic E-state index is 0.0220. The lowest BCUT2D eigenvalue weighted by molar-refractivity contribution is -0.140. The van der Waals surface area contributed by atoms with Gasteiger partial charge in [-0.05, 0) is 20.8 Å². The number of carbonyl (C=O) groups is 1. The van der Waals surface area contributed by atoms with Gasteiger partial charge in [-0.15, -0.1) is 0 Å². The third kappa shape index (κ3) is 6.53. The lowest BCUT2D eigenvalue weighted by Crippen LogP contribution is -2.08. The zero-order valence-electron chi connectivity index (χ0n) is 13.9. The highest BCUT2D eigenvalue weighted by molar-refractivity contribution is 5.65. The fourth-order valence-electron chi connectivity index (χ4n) is 1.69. The van der Waals surface area contributed by atoms with Gasteiger partial charge in [0.15, 0.2) is 17.3 Å². The van der Waals surface area contributed by atoms with Crippen LogP contribution in [-0.4, -0.2) is 25.8 Å². The highest BCUT2D eigenvalue weighted by Gasteiger charge is 2.19. The summed E-state index contributed by atoms with van der Waals surface area (Å²) in [4.78, 5) is 9.82. The maximum absolute atomic E-state index is 14.1. The molecule has 0 heterocycles. The third-order valence-electron chi connectivity index (χ3n) is 2.55. The van der Waals surface area contributed by atoms with Crippen LogP contribution in [0.1, 0.15) is 38.8 Å². The summed E-state index contributed by atoms with van der Waals surface area (Å²) in [5.41, 5.74) is 5.76. The molecule has 0 fully saturated rings. The molecule has 1 aromatic rings. The number of halogens is 1. The molecular formula is C16H23FN2O4. The van der Waals surface area contributed by atoms with Crippen LogP contribution in [0.5, 0.6) is 11.5 Å². The van der Waals surface area contributed by atoms with Gasteiger partial charge in [-0.1, -0.05) is 0 Å². The fraction of sp³-hybridized carbons (Fsp3) is 0.500. The molecule has 0 radical (unpaired) electrons. The molecule has 0 aromatic heterocycles. The highest BCUT2D eigenvalue weighted by Crippen LogP contribution is 2.34. The largest absolute Gasteiger partial charge is 0.490 e. The van der Waals surface area contributed by atoms with Gasteiger partial charge in [0.25, 0.3) is 0 Å². The Balaban J connectivity index is 0.000000688. The van der Waals surface area contributed by atoms with E-state index in [1.54, 1.807) is 20.8 Å². The molecule has 0 aliphatic rings. The monoisotopic (exact) mass is 326 g/mol. The van der Waals surface area contributed by atoms with Crippen molar-refractivity contribution in [1.82, 2.24) is 0 Å². The average molecular weight is 326 g/mol. The van der Waals surface area contributed by atoms with Crippen molar-refractivity contribution in [2.75, 3.05) is 19.8 Å². The number of rotatable bonds is 6. The number of nitrogens with zero attached hydrogens (tertiary/aromatic N) is 1. The molecular weight excluding hydrogens is 303 g/mol. The summed E-state index contributed by atoms with van der Waals surface area (Å²) < 4.78 is 28.9. The molecule has 0 bridgehead atoms. The Kier molecular flexibility index (Phi) is 10.1. The summed E-state index contributed by atoms with van der Waals surface area (Å²) in [5, 5.41) is 8.92. The van der Waals surface area contributed by atoms with Gasteiger partial charge in [0, 0.05) is 25.1 Å². The standard InChI is InChI=1S/C12H15FN2O2.C4H8O2/c1-3-16-10-5-8(6-14)9(7-15)11(13)12(10)17-4-2;1-3-6-4(2)5/h5H,3-4,7,15H2,1-2H3;3H2,1-2H3. The molecule has 0 amide bonds. The van der Waals surface area contributed by atoms with Crippen LogP contribution in [0.4, 0.5) is 4.39 Å². The van der Waals surface area contributed by atoms with Crippen LogP contribution < -0.4 is 15.2 Å². The molecule has 0 aliphatic heterocycles. The second kappa shape index (κ2) is 11.3. The van der Waals surface area contributed by atoms with E-state index in [4.69, 9.17) is 20.5 Å². The second-order valence-electron chi connectivity index (χ2n) is 4.15. The second-order valence-corrected chi connectivity index (χ2v) is 4.15. The summed E-state index contributed by atoms with van der Waals surface area (Å²) in [5.74, 6) is -0.566. The van der Waals surface area contributed by atoms with Gasteiger partial charge >= 0.3 is 5.97 Å². The van der Waals surface area contributed by atoms with Gasteiger partial charge in [0.2, 0.25) is 0 Å². The number of hydrogen-bond donors (Lipinski definition) is 1. The first-order valence-corrected chi connectivity index (χ1v) is 7.31. The van der Waals surface area contributed by atoms with Crippen LogP contribution in [0.3, 0.4) is 0 Å². The number of benzene rings is 1. The SMILES string of the molecule is CCOC(C)=O.CCOc1cc(C#N)c(CN)c(F)c1OCC. The highest BCUT2D eigenvalue weighted by atomic mass is 19.1. The van der Waals surface area contributed by atoms with Gasteiger partial charge in [-0.2, -0.15) is 5.26 Å². The zero-order valence-corrected chi connectivity index (χ0v) is 13.9. The summed E-state index contributed by atoms with van der Waals surface area (Å²) in [6, 6.07) is 3.36. The Morgan fingerprint density at radius 1 is 1.26 bits per heavy atom. The number of esters is 1. The van der Waals surface area contributed by atoms with Crippen molar-refractivity contribution in [3.05, 3.63) is 23.0 Å². The van der Waals surface area contributed by atoms with Crippen molar-refractivity contribution in [3.8, 4) is 17.6 Å². The number of carbonyl (C=O) groups excluding carboxylic acids is 1. The van der Waals surface area contributed by atoms with Crippen molar-refractivity contribution in [2.45, 2.75) is 34.2 Å². The van der Waals surface area contributed by atoms with Crippen molar-refractivity contribution in [1.29, 1.82) is 5.26 Å². The van der Waals surface area contributed by atoms with Crippen LogP contribution in [0, 0.1) is 17.1 Å². The zero-order chi connectivity index (χ0) is 17.8. The van der Waals surface area contributed by atoms with Crippen LogP contribution in [-0.2, 0) is 16.1 Å². The lowest BCUT2D eigenvalue weighted by atomic mass is 10.1. The molecule has 2 N–H and O–H groups in total. The van der Waals surface area contributed by atoms with Crippen LogP contribution in [0.15, 0.2) is 6.07 Å². The Bertz CT molecular complexity index is 556. The molecule has 1 rings (SSSR count). The Morgan fingerprint density at radius 3 is 2.22 bits per heavy atom. The van der Waals surface area contributed by atoms with Crippen molar-refractivity contribution in [3.63, 3.8) is 0 Å². The number of hydrogen-bond acceptors (Lipinski definition) is 6. The minimum atomic E-state index is -0.614. The van der Waals surface area contributed by atoms with E-state index in [9.17, 15) is 9.18 Å². The third-order valence-corrected chi connectivity index (χ3v) is 2.55. The Morgan fingerprint density at radius 2 is 1.87 bits per heavy atom. The molecule has 0 spiro atoms. The van der Waals surface area contributed by atoms with E-state index in [1.165, 1.54) is 13.0 Å². The minimum Gasteiger partial charge on any atom is -0.490 e. The van der Waals surface area contributed by atoms with Gasteiger partial charge in [0.05, 0.1) is 31.5 Å². The van der Waals surface area contributed by atoms with Gasteiger partial charge in [-0.25, -0.2) is 4.39 Å². The molecule has 0 saturated heterocycles. The predicted molar refractivity (Wildman–Crippen MR) is 83.7 cm³/mol. The summed E-state index contributed by atoms with van der Waals surface area (Å²) in [6.07, 6.45) is 0. The van der Waals surface area contributed by atoms with Crippen molar-refractivity contribution >= 4 is 5.97 Å². The first-order chi connectivity index (χ1) is 11.0. The predicted octanol–water partition coefficient (Wildman–Crippen LogP) is 2.52. The first-order valence-electron chi connectivity index (χ1n) is 7.31. The average Bonchev–Trinajstić information content (AvgIpc) is 2.51. The molecule has 6 nitrogen and oxygen atoms in total. The molecule has 1 aromatic carbocycles. The van der Waals surface area contributed by atoms with Crippen LogP contribution in [0.2, 0.25) is 0 Å². The summed E-state index contributed by atoms with van der Waals surface area (Å²) >= 11 is 0. The van der Waals surface area contributed by atoms with E-state index in [1.807, 2.05) is 6.07 Å². The van der Waals surface area contributed by atoms with Crippen LogP contribution >= 0.6 is 0 Å². The number of nitriles is 1. The lowest BCUT2D eigenvalue weighted by Gasteiger charge is -2.14. The maximum Gasteiger partial charge on any atom is 0.302 e. The van der Waals surface area contributed by atoms with Crippen molar-refractivity contribution in [2.24, 2.45) is 5.73 Å². The van der Waals surface area contributed by atoms with E-state index in [-0.39, 0.29) is 35.1 Å². The maximum atomic E-state index is 14.1. The molecule has 0 atom stereocenters. The van der Waals surface area contributed by atoms with E-state index in [0.29, 0.717) is 19.8 Å². The van der Waals surface area contributed by atoms with Crippen LogP contribution in [0.25, 0.3) is 0 Å². The Hall–Kier alpha value is -2.33. The van der Waals surface area contributed by atoms with E-state index < -0.39 is 5.82 Å². The molecule has 0 unspecified atom stereocenters. The normalized spacial score (nSPS) is 9.26. The van der Waals surface area contributed by atoms with Gasteiger partial charge in [0.1, 0.15) is 0 Å². The number of ether oxygens (including phenoxy) is 3. The molecule has 23 heavy (non-hydrogen) atoms. The fourth-order valence-corrected chi connectivity index (χ4v) is 1.69. The van der Waals surface area contributed by atoms with E-state index in [0.717, 1.165) is 0 Å². The van der Waals surface area contributed by atoms with Gasteiger partial charge < -0.3 is 19.9 Å². The molecule has 128 valence electrons. The van der Waals surface area contributed by atoms with E-state index in [2.05, 4.69) is 4.74 Å². The smallest absolute Gasteiger partial charge is 0.302 e. The van der Waals surface area contributed by atoms with Gasteiger partial charge in [-0.3, -0.25) is 4.79 Å². The topological polar surface area (TPSA) is 94.6 Å². The molecule has 0 aliphatic carbocycles. The molecule has 7 heteroatoms. The first kappa shape index (κ1) is 20.7. The van der Waals surface area contributed by atoms with Crippen molar-refractivity contribution < 1.29 is 23.4 Å². The summed E-state index contributed by atoms with van der Waals surface area (Å²) in [7, 11) is 0. The Labute approximate surface area is 135 Å².